The van der Waals surface area contributed by atoms with Crippen LogP contribution in [-0.2, 0) is 21.4 Å². The van der Waals surface area contributed by atoms with Gasteiger partial charge in [0.15, 0.2) is 0 Å². The van der Waals surface area contributed by atoms with Crippen molar-refractivity contribution >= 4 is 61.3 Å². The van der Waals surface area contributed by atoms with Gasteiger partial charge in [-0.2, -0.15) is 9.41 Å². The van der Waals surface area contributed by atoms with E-state index in [0.29, 0.717) is 21.2 Å². The van der Waals surface area contributed by atoms with Gasteiger partial charge in [0.05, 0.1) is 17.7 Å². The van der Waals surface area contributed by atoms with Gasteiger partial charge >= 0.3 is 0 Å². The number of hydrogen-bond acceptors (Lipinski definition) is 5. The first-order valence-electron chi connectivity index (χ1n) is 9.17. The third-order valence-corrected chi connectivity index (χ3v) is 7.14. The molecule has 11 heteroatoms. The van der Waals surface area contributed by atoms with Crippen LogP contribution in [0.2, 0.25) is 10.0 Å². The molecule has 0 atom stereocenters. The van der Waals surface area contributed by atoms with Gasteiger partial charge in [-0.25, -0.2) is 13.8 Å². The first kappa shape index (κ1) is 24.3. The average molecular weight is 556 g/mol. The van der Waals surface area contributed by atoms with Crippen molar-refractivity contribution in [3.05, 3.63) is 92.6 Å². The topological polar surface area (TPSA) is 91.7 Å². The number of benzene rings is 2. The Balaban J connectivity index is 1.83. The number of rotatable bonds is 8. The molecule has 0 aliphatic rings. The number of pyridine rings is 1. The van der Waals surface area contributed by atoms with Crippen molar-refractivity contribution in [2.45, 2.75) is 11.4 Å². The van der Waals surface area contributed by atoms with E-state index < -0.39 is 22.5 Å². The molecule has 0 aliphatic heterocycles. The maximum absolute atomic E-state index is 13.3. The quantitative estimate of drug-likeness (QED) is 0.327. The van der Waals surface area contributed by atoms with Crippen molar-refractivity contribution < 1.29 is 13.2 Å². The van der Waals surface area contributed by atoms with E-state index in [1.54, 1.807) is 48.8 Å². The molecule has 0 bridgehead atoms. The lowest BCUT2D eigenvalue weighted by molar-refractivity contribution is -0.121. The molecule has 1 aromatic heterocycles. The lowest BCUT2D eigenvalue weighted by Crippen LogP contribution is -2.39. The molecule has 0 unspecified atom stereocenters. The molecule has 1 N–H and O–H groups in total. The van der Waals surface area contributed by atoms with Gasteiger partial charge in [-0.3, -0.25) is 9.78 Å². The number of nitrogens with one attached hydrogen (secondary N) is 1. The van der Waals surface area contributed by atoms with E-state index in [2.05, 4.69) is 31.4 Å². The van der Waals surface area contributed by atoms with Crippen molar-refractivity contribution in [3.63, 3.8) is 0 Å². The van der Waals surface area contributed by atoms with Gasteiger partial charge in [0.1, 0.15) is 0 Å². The largest absolute Gasteiger partial charge is 0.272 e. The highest BCUT2D eigenvalue weighted by Gasteiger charge is 2.27. The van der Waals surface area contributed by atoms with Gasteiger partial charge < -0.3 is 0 Å². The maximum Gasteiger partial charge on any atom is 0.255 e. The molecule has 32 heavy (non-hydrogen) atoms. The van der Waals surface area contributed by atoms with Crippen LogP contribution in [0.3, 0.4) is 0 Å². The van der Waals surface area contributed by atoms with Crippen LogP contribution < -0.4 is 5.43 Å². The first-order valence-corrected chi connectivity index (χ1v) is 12.2. The Morgan fingerprint density at radius 2 is 1.91 bits per heavy atom. The minimum Gasteiger partial charge on any atom is -0.272 e. The molecule has 0 spiro atoms. The number of hydrazone groups is 1. The Kier molecular flexibility index (Phi) is 8.38. The molecule has 7 nitrogen and oxygen atoms in total. The summed E-state index contributed by atoms with van der Waals surface area (Å²) in [5.41, 5.74) is 3.52. The molecule has 0 aliphatic carbocycles. The monoisotopic (exact) mass is 554 g/mol. The molecular formula is C21H17BrCl2N4O3S. The van der Waals surface area contributed by atoms with Gasteiger partial charge in [0.2, 0.25) is 10.0 Å². The highest BCUT2D eigenvalue weighted by molar-refractivity contribution is 9.10. The summed E-state index contributed by atoms with van der Waals surface area (Å²) in [4.78, 5) is 16.5. The van der Waals surface area contributed by atoms with Crippen LogP contribution in [0.4, 0.5) is 0 Å². The number of hydrogen-bond donors (Lipinski definition) is 1. The SMILES string of the molecule is O=C(CN(Cc1ccc(Cl)cc1Cl)S(=O)(=O)c1ccc(Br)cc1)N/N=C/c1cccnc1. The Bertz CT molecular complexity index is 1220. The fourth-order valence-corrected chi connectivity index (χ4v) is 4.76. The summed E-state index contributed by atoms with van der Waals surface area (Å²) < 4.78 is 28.3. The van der Waals surface area contributed by atoms with Gasteiger partial charge in [-0.1, -0.05) is 51.3 Å². The van der Waals surface area contributed by atoms with Gasteiger partial charge in [0, 0.05) is 39.0 Å². The molecule has 0 saturated carbocycles. The summed E-state index contributed by atoms with van der Waals surface area (Å²) in [6.45, 7) is -0.601. The van der Waals surface area contributed by atoms with E-state index >= 15 is 0 Å². The fraction of sp³-hybridized carbons (Fsp3) is 0.0952. The van der Waals surface area contributed by atoms with Crippen LogP contribution in [0.25, 0.3) is 0 Å². The summed E-state index contributed by atoms with van der Waals surface area (Å²) in [7, 11) is -4.02. The predicted octanol–water partition coefficient (Wildman–Crippen LogP) is 4.49. The third kappa shape index (κ3) is 6.60. The lowest BCUT2D eigenvalue weighted by Gasteiger charge is -2.22. The van der Waals surface area contributed by atoms with Gasteiger partial charge in [-0.15, -0.1) is 0 Å². The molecule has 0 fully saturated rings. The van der Waals surface area contributed by atoms with E-state index in [-0.39, 0.29) is 11.4 Å². The number of sulfonamides is 1. The number of amides is 1. The van der Waals surface area contributed by atoms with E-state index in [0.717, 1.165) is 8.78 Å². The zero-order valence-corrected chi connectivity index (χ0v) is 20.4. The zero-order valence-electron chi connectivity index (χ0n) is 16.5. The number of nitrogens with zero attached hydrogens (tertiary/aromatic N) is 3. The highest BCUT2D eigenvalue weighted by atomic mass is 79.9. The Labute approximate surface area is 204 Å². The Morgan fingerprint density at radius 3 is 2.56 bits per heavy atom. The summed E-state index contributed by atoms with van der Waals surface area (Å²) >= 11 is 15.5. The fourth-order valence-electron chi connectivity index (χ4n) is 2.65. The standard InChI is InChI=1S/C21H17BrCl2N4O3S/c22-17-4-7-19(8-5-17)32(30,31)28(13-16-3-6-18(23)10-20(16)24)14-21(29)27-26-12-15-2-1-9-25-11-15/h1-12H,13-14H2,(H,27,29)/b26-12+. The Hall–Kier alpha value is -2.30. The first-order chi connectivity index (χ1) is 15.3. The zero-order chi connectivity index (χ0) is 23.1. The van der Waals surface area contributed by atoms with Gasteiger partial charge in [0.25, 0.3) is 5.91 Å². The smallest absolute Gasteiger partial charge is 0.255 e. The van der Waals surface area contributed by atoms with Crippen molar-refractivity contribution in [1.29, 1.82) is 0 Å². The van der Waals surface area contributed by atoms with E-state index in [1.165, 1.54) is 24.4 Å². The normalized spacial score (nSPS) is 11.8. The molecule has 166 valence electrons. The summed E-state index contributed by atoms with van der Waals surface area (Å²) in [5.74, 6) is -0.615. The number of carbonyl (C=O) groups is 1. The van der Waals surface area contributed by atoms with Crippen molar-refractivity contribution in [1.82, 2.24) is 14.7 Å². The van der Waals surface area contributed by atoms with Crippen LogP contribution in [0.5, 0.6) is 0 Å². The summed E-state index contributed by atoms with van der Waals surface area (Å²) in [5, 5.41) is 4.58. The number of aromatic nitrogens is 1. The lowest BCUT2D eigenvalue weighted by atomic mass is 10.2. The minimum absolute atomic E-state index is 0.0393. The van der Waals surface area contributed by atoms with Crippen molar-refractivity contribution in [2.24, 2.45) is 5.10 Å². The van der Waals surface area contributed by atoms with Crippen LogP contribution >= 0.6 is 39.1 Å². The molecule has 1 amide bonds. The molecule has 2 aromatic carbocycles. The molecule has 0 radical (unpaired) electrons. The third-order valence-electron chi connectivity index (χ3n) is 4.22. The minimum atomic E-state index is -4.02. The van der Waals surface area contributed by atoms with Crippen LogP contribution in [-0.4, -0.2) is 36.4 Å². The van der Waals surface area contributed by atoms with Crippen LogP contribution in [0, 0.1) is 0 Å². The summed E-state index contributed by atoms with van der Waals surface area (Å²) in [6.07, 6.45) is 4.60. The van der Waals surface area contributed by atoms with Crippen molar-refractivity contribution in [2.75, 3.05) is 6.54 Å². The number of carbonyl (C=O) groups excluding carboxylic acids is 1. The van der Waals surface area contributed by atoms with Crippen LogP contribution in [0.15, 0.2) is 81.5 Å². The average Bonchev–Trinajstić information content (AvgIpc) is 2.76. The van der Waals surface area contributed by atoms with E-state index in [1.807, 2.05) is 0 Å². The molecule has 0 saturated heterocycles. The predicted molar refractivity (Wildman–Crippen MR) is 128 cm³/mol. The highest BCUT2D eigenvalue weighted by Crippen LogP contribution is 2.25. The van der Waals surface area contributed by atoms with E-state index in [9.17, 15) is 13.2 Å². The van der Waals surface area contributed by atoms with E-state index in [4.69, 9.17) is 23.2 Å². The van der Waals surface area contributed by atoms with Crippen molar-refractivity contribution in [3.8, 4) is 0 Å². The molecule has 3 aromatic rings. The molecule has 3 rings (SSSR count). The second-order valence-electron chi connectivity index (χ2n) is 6.54. The Morgan fingerprint density at radius 1 is 1.16 bits per heavy atom. The maximum atomic E-state index is 13.3. The second-order valence-corrected chi connectivity index (χ2v) is 10.2. The molecular weight excluding hydrogens is 539 g/mol. The number of halogens is 3. The van der Waals surface area contributed by atoms with Crippen LogP contribution in [0.1, 0.15) is 11.1 Å². The second kappa shape index (κ2) is 11.0. The summed E-state index contributed by atoms with van der Waals surface area (Å²) in [6, 6.07) is 14.3. The molecule has 1 heterocycles. The van der Waals surface area contributed by atoms with Gasteiger partial charge in [-0.05, 0) is 48.0 Å².